The molecule has 0 spiro atoms. The van der Waals surface area contributed by atoms with Crippen LogP contribution in [0.3, 0.4) is 0 Å². The summed E-state index contributed by atoms with van der Waals surface area (Å²) in [6, 6.07) is 15.2. The quantitative estimate of drug-likeness (QED) is 0.411. The van der Waals surface area contributed by atoms with Gasteiger partial charge in [0.1, 0.15) is 0 Å². The number of hydrogen-bond donors (Lipinski definition) is 0. The molecule has 0 unspecified atom stereocenters. The highest BCUT2D eigenvalue weighted by atomic mass is 19.1. The average Bonchev–Trinajstić information content (AvgIpc) is 2.91. The average molecular weight is 469 g/mol. The summed E-state index contributed by atoms with van der Waals surface area (Å²) in [6.45, 7) is 1.81. The Morgan fingerprint density at radius 3 is 2.63 bits per heavy atom. The molecule has 35 heavy (non-hydrogen) atoms. The van der Waals surface area contributed by atoms with Gasteiger partial charge in [-0.1, -0.05) is 12.1 Å². The summed E-state index contributed by atoms with van der Waals surface area (Å²) in [5.41, 5.74) is 3.11. The molecular weight excluding hydrogens is 449 g/mol. The molecule has 174 valence electrons. The predicted octanol–water partition coefficient (Wildman–Crippen LogP) is 2.68. The maximum atomic E-state index is 13.1. The van der Waals surface area contributed by atoms with Crippen molar-refractivity contribution in [2.75, 3.05) is 24.6 Å². The van der Waals surface area contributed by atoms with Gasteiger partial charge in [-0.3, -0.25) is 4.79 Å². The third-order valence-electron chi connectivity index (χ3n) is 5.65. The number of anilines is 1. The van der Waals surface area contributed by atoms with E-state index in [4.69, 9.17) is 10.00 Å². The Balaban J connectivity index is 1.30. The minimum absolute atomic E-state index is 0.237. The van der Waals surface area contributed by atoms with Gasteiger partial charge in [-0.2, -0.15) is 14.8 Å². The molecule has 1 saturated heterocycles. The zero-order valence-electron chi connectivity index (χ0n) is 18.6. The van der Waals surface area contributed by atoms with Gasteiger partial charge in [0.15, 0.2) is 0 Å². The first-order chi connectivity index (χ1) is 17.1. The molecule has 9 nitrogen and oxygen atoms in total. The molecule has 3 aromatic heterocycles. The van der Waals surface area contributed by atoms with Crippen molar-refractivity contribution in [2.24, 2.45) is 0 Å². The second-order valence-corrected chi connectivity index (χ2v) is 8.01. The van der Waals surface area contributed by atoms with Crippen LogP contribution in [0.2, 0.25) is 0 Å². The van der Waals surface area contributed by atoms with Crippen LogP contribution in [-0.4, -0.2) is 50.5 Å². The van der Waals surface area contributed by atoms with Crippen LogP contribution >= 0.6 is 0 Å². The number of nitrogens with zero attached hydrogens (tertiary/aromatic N) is 7. The number of hydrogen-bond acceptors (Lipinski definition) is 8. The standard InChI is InChI=1S/C25H20FN7O2/c26-23-6-4-19(12-28-23)20-13-29-25(30-14-20)32-8-9-35-21(15-32)16-33-24(34)7-5-22(31-33)18-3-1-2-17(10-18)11-27/h1-7,10,12-14,21H,8-9,15-16H2/t21-/m0/s1. The SMILES string of the molecule is N#Cc1cccc(-c2ccc(=O)n(C[C@@H]3CN(c4ncc(-c5ccc(F)nc5)cn4)CCO3)n2)c1. The fourth-order valence-corrected chi connectivity index (χ4v) is 3.87. The molecule has 1 aliphatic rings. The van der Waals surface area contributed by atoms with E-state index in [1.807, 2.05) is 11.0 Å². The molecule has 0 saturated carbocycles. The smallest absolute Gasteiger partial charge is 0.266 e. The van der Waals surface area contributed by atoms with Crippen LogP contribution < -0.4 is 10.5 Å². The molecule has 1 fully saturated rings. The minimum Gasteiger partial charge on any atom is -0.373 e. The lowest BCUT2D eigenvalue weighted by molar-refractivity contribution is 0.0260. The van der Waals surface area contributed by atoms with E-state index in [0.29, 0.717) is 36.9 Å². The number of aromatic nitrogens is 5. The number of halogens is 1. The molecule has 1 atom stereocenters. The van der Waals surface area contributed by atoms with Gasteiger partial charge >= 0.3 is 0 Å². The number of benzene rings is 1. The van der Waals surface area contributed by atoms with Crippen LogP contribution in [0.4, 0.5) is 10.3 Å². The van der Waals surface area contributed by atoms with E-state index in [1.165, 1.54) is 23.0 Å². The molecule has 0 bridgehead atoms. The minimum atomic E-state index is -0.541. The predicted molar refractivity (Wildman–Crippen MR) is 126 cm³/mol. The number of rotatable bonds is 5. The monoisotopic (exact) mass is 469 g/mol. The van der Waals surface area contributed by atoms with Crippen LogP contribution in [0.5, 0.6) is 0 Å². The Morgan fingerprint density at radius 2 is 1.86 bits per heavy atom. The van der Waals surface area contributed by atoms with Crippen molar-refractivity contribution in [3.05, 3.63) is 89.0 Å². The maximum Gasteiger partial charge on any atom is 0.266 e. The zero-order valence-corrected chi connectivity index (χ0v) is 18.6. The molecule has 0 N–H and O–H groups in total. The summed E-state index contributed by atoms with van der Waals surface area (Å²) in [4.78, 5) is 27.0. The molecule has 5 rings (SSSR count). The number of nitriles is 1. The van der Waals surface area contributed by atoms with Crippen molar-refractivity contribution in [3.8, 4) is 28.5 Å². The zero-order chi connectivity index (χ0) is 24.2. The van der Waals surface area contributed by atoms with Crippen molar-refractivity contribution < 1.29 is 9.13 Å². The highest BCUT2D eigenvalue weighted by molar-refractivity contribution is 5.61. The summed E-state index contributed by atoms with van der Waals surface area (Å²) >= 11 is 0. The molecule has 0 aliphatic carbocycles. The van der Waals surface area contributed by atoms with Crippen LogP contribution in [0.1, 0.15) is 5.56 Å². The second-order valence-electron chi connectivity index (χ2n) is 8.01. The third kappa shape index (κ3) is 5.05. The third-order valence-corrected chi connectivity index (χ3v) is 5.65. The van der Waals surface area contributed by atoms with Crippen LogP contribution in [0.15, 0.2) is 71.9 Å². The molecule has 0 amide bonds. The van der Waals surface area contributed by atoms with Gasteiger partial charge in [0.2, 0.25) is 11.9 Å². The first-order valence-corrected chi connectivity index (χ1v) is 11.0. The Bertz CT molecular complexity index is 1430. The van der Waals surface area contributed by atoms with Gasteiger partial charge in [-0.15, -0.1) is 0 Å². The fraction of sp³-hybridized carbons (Fsp3) is 0.200. The van der Waals surface area contributed by atoms with Crippen molar-refractivity contribution in [1.29, 1.82) is 5.26 Å². The molecule has 0 radical (unpaired) electrons. The number of morpholine rings is 1. The lowest BCUT2D eigenvalue weighted by Gasteiger charge is -2.33. The van der Waals surface area contributed by atoms with Gasteiger partial charge in [0.25, 0.3) is 5.56 Å². The van der Waals surface area contributed by atoms with Crippen LogP contribution in [-0.2, 0) is 11.3 Å². The molecule has 10 heteroatoms. The first kappa shape index (κ1) is 22.3. The lowest BCUT2D eigenvalue weighted by Crippen LogP contribution is -2.46. The van der Waals surface area contributed by atoms with E-state index < -0.39 is 5.95 Å². The number of ether oxygens (including phenoxy) is 1. The molecule has 1 aromatic carbocycles. The highest BCUT2D eigenvalue weighted by Gasteiger charge is 2.23. The Morgan fingerprint density at radius 1 is 1.03 bits per heavy atom. The van der Waals surface area contributed by atoms with E-state index in [2.05, 4.69) is 26.1 Å². The van der Waals surface area contributed by atoms with Gasteiger partial charge in [0.05, 0.1) is 36.6 Å². The molecule has 4 heterocycles. The molecule has 1 aliphatic heterocycles. The van der Waals surface area contributed by atoms with Crippen LogP contribution in [0.25, 0.3) is 22.4 Å². The highest BCUT2D eigenvalue weighted by Crippen LogP contribution is 2.20. The van der Waals surface area contributed by atoms with E-state index in [9.17, 15) is 9.18 Å². The van der Waals surface area contributed by atoms with Gasteiger partial charge in [0, 0.05) is 54.4 Å². The summed E-state index contributed by atoms with van der Waals surface area (Å²) in [6.07, 6.45) is 4.49. The van der Waals surface area contributed by atoms with E-state index in [1.54, 1.807) is 42.7 Å². The summed E-state index contributed by atoms with van der Waals surface area (Å²) in [7, 11) is 0. The first-order valence-electron chi connectivity index (χ1n) is 11.0. The van der Waals surface area contributed by atoms with Gasteiger partial charge < -0.3 is 9.64 Å². The van der Waals surface area contributed by atoms with E-state index in [-0.39, 0.29) is 18.2 Å². The van der Waals surface area contributed by atoms with Crippen molar-refractivity contribution in [1.82, 2.24) is 24.7 Å². The fourth-order valence-electron chi connectivity index (χ4n) is 3.87. The molecule has 4 aromatic rings. The van der Waals surface area contributed by atoms with E-state index in [0.717, 1.165) is 16.7 Å². The van der Waals surface area contributed by atoms with Crippen molar-refractivity contribution in [2.45, 2.75) is 12.6 Å². The van der Waals surface area contributed by atoms with Crippen LogP contribution in [0, 0.1) is 17.3 Å². The molecular formula is C25H20FN7O2. The van der Waals surface area contributed by atoms with Gasteiger partial charge in [-0.05, 0) is 30.3 Å². The summed E-state index contributed by atoms with van der Waals surface area (Å²) in [5, 5.41) is 13.6. The summed E-state index contributed by atoms with van der Waals surface area (Å²) in [5.74, 6) is -0.0000344. The Hall–Kier alpha value is -4.49. The largest absolute Gasteiger partial charge is 0.373 e. The lowest BCUT2D eigenvalue weighted by atomic mass is 10.1. The normalized spacial score (nSPS) is 15.5. The summed E-state index contributed by atoms with van der Waals surface area (Å²) < 4.78 is 20.3. The number of pyridine rings is 1. The van der Waals surface area contributed by atoms with Crippen molar-refractivity contribution in [3.63, 3.8) is 0 Å². The van der Waals surface area contributed by atoms with E-state index >= 15 is 0 Å². The Labute approximate surface area is 200 Å². The maximum absolute atomic E-state index is 13.1. The topological polar surface area (TPSA) is 110 Å². The Kier molecular flexibility index (Phi) is 6.24. The van der Waals surface area contributed by atoms with Gasteiger partial charge in [-0.25, -0.2) is 19.6 Å². The second kappa shape index (κ2) is 9.79. The van der Waals surface area contributed by atoms with Crippen molar-refractivity contribution >= 4 is 5.95 Å².